The van der Waals surface area contributed by atoms with Crippen LogP contribution < -0.4 is 0 Å². The number of halogens is 3. The van der Waals surface area contributed by atoms with Gasteiger partial charge in [0.15, 0.2) is 0 Å². The number of alkyl halides is 1. The second-order valence-electron chi connectivity index (χ2n) is 3.62. The molecule has 0 bridgehead atoms. The molecule has 1 aliphatic rings. The predicted octanol–water partition coefficient (Wildman–Crippen LogP) is 4.61. The van der Waals surface area contributed by atoms with E-state index in [-0.39, 0.29) is 6.10 Å². The molecule has 0 radical (unpaired) electrons. The third-order valence-corrected chi connectivity index (χ3v) is 4.16. The van der Waals surface area contributed by atoms with Gasteiger partial charge in [-0.1, -0.05) is 51.3 Å². The van der Waals surface area contributed by atoms with E-state index < -0.39 is 0 Å². The van der Waals surface area contributed by atoms with Crippen molar-refractivity contribution in [1.29, 1.82) is 0 Å². The first-order chi connectivity index (χ1) is 7.22. The van der Waals surface area contributed by atoms with Crippen molar-refractivity contribution in [2.45, 2.75) is 25.0 Å². The lowest BCUT2D eigenvalue weighted by molar-refractivity contribution is 0.0589. The minimum Gasteiger partial charge on any atom is -0.369 e. The molecule has 1 aromatic carbocycles. The quantitative estimate of drug-likeness (QED) is 0.725. The van der Waals surface area contributed by atoms with Crippen LogP contribution in [0.15, 0.2) is 18.2 Å². The van der Waals surface area contributed by atoms with Crippen LogP contribution in [0.1, 0.15) is 24.5 Å². The summed E-state index contributed by atoms with van der Waals surface area (Å²) in [4.78, 5) is 0. The lowest BCUT2D eigenvalue weighted by Gasteiger charge is -2.14. The smallest absolute Gasteiger partial charge is 0.0845 e. The molecule has 0 aliphatic carbocycles. The van der Waals surface area contributed by atoms with Crippen LogP contribution in [-0.4, -0.2) is 11.4 Å². The summed E-state index contributed by atoms with van der Waals surface area (Å²) in [7, 11) is 0. The van der Waals surface area contributed by atoms with Crippen molar-refractivity contribution in [3.05, 3.63) is 33.8 Å². The molecule has 1 nitrogen and oxygen atoms in total. The van der Waals surface area contributed by atoms with E-state index in [1.807, 2.05) is 12.1 Å². The molecular formula is C11H11BrCl2O. The number of benzene rings is 1. The molecule has 15 heavy (non-hydrogen) atoms. The Morgan fingerprint density at radius 1 is 1.33 bits per heavy atom. The van der Waals surface area contributed by atoms with Crippen molar-refractivity contribution in [3.63, 3.8) is 0 Å². The second-order valence-corrected chi connectivity index (χ2v) is 5.05. The van der Waals surface area contributed by atoms with Crippen LogP contribution in [0.3, 0.4) is 0 Å². The zero-order chi connectivity index (χ0) is 10.8. The standard InChI is InChI=1S/C11H11BrCl2O/c12-6-7-4-5-10(15-7)8-2-1-3-9(13)11(8)14/h1-3,7,10H,4-6H2. The summed E-state index contributed by atoms with van der Waals surface area (Å²) in [5.74, 6) is 0. The van der Waals surface area contributed by atoms with E-state index in [1.165, 1.54) is 0 Å². The highest BCUT2D eigenvalue weighted by Gasteiger charge is 2.27. The molecule has 1 aromatic rings. The molecular weight excluding hydrogens is 299 g/mol. The van der Waals surface area contributed by atoms with Crippen LogP contribution in [0.2, 0.25) is 10.0 Å². The van der Waals surface area contributed by atoms with Gasteiger partial charge >= 0.3 is 0 Å². The summed E-state index contributed by atoms with van der Waals surface area (Å²) < 4.78 is 5.84. The fraction of sp³-hybridized carbons (Fsp3) is 0.455. The Morgan fingerprint density at radius 3 is 2.80 bits per heavy atom. The molecule has 1 heterocycles. The summed E-state index contributed by atoms with van der Waals surface area (Å²) in [6.07, 6.45) is 2.47. The fourth-order valence-electron chi connectivity index (χ4n) is 1.82. The van der Waals surface area contributed by atoms with Crippen LogP contribution in [0.4, 0.5) is 0 Å². The van der Waals surface area contributed by atoms with Gasteiger partial charge in [-0.15, -0.1) is 0 Å². The average molecular weight is 310 g/mol. The van der Waals surface area contributed by atoms with Gasteiger partial charge in [-0.05, 0) is 18.9 Å². The number of rotatable bonds is 2. The first-order valence-electron chi connectivity index (χ1n) is 4.87. The normalized spacial score (nSPS) is 25.8. The van der Waals surface area contributed by atoms with E-state index in [0.717, 1.165) is 23.7 Å². The third-order valence-electron chi connectivity index (χ3n) is 2.61. The summed E-state index contributed by atoms with van der Waals surface area (Å²) >= 11 is 15.5. The monoisotopic (exact) mass is 308 g/mol. The van der Waals surface area contributed by atoms with Crippen LogP contribution in [-0.2, 0) is 4.74 Å². The van der Waals surface area contributed by atoms with Crippen molar-refractivity contribution >= 4 is 39.1 Å². The lowest BCUT2D eigenvalue weighted by atomic mass is 10.1. The Balaban J connectivity index is 2.20. The Hall–Kier alpha value is 0.240. The molecule has 2 unspecified atom stereocenters. The lowest BCUT2D eigenvalue weighted by Crippen LogP contribution is -2.07. The minimum atomic E-state index is 0.0961. The van der Waals surface area contributed by atoms with Gasteiger partial charge in [-0.2, -0.15) is 0 Å². The number of hydrogen-bond donors (Lipinski definition) is 0. The van der Waals surface area contributed by atoms with Gasteiger partial charge in [0.25, 0.3) is 0 Å². The van der Waals surface area contributed by atoms with Gasteiger partial charge in [0.2, 0.25) is 0 Å². The highest BCUT2D eigenvalue weighted by atomic mass is 79.9. The molecule has 1 aliphatic heterocycles. The van der Waals surface area contributed by atoms with Gasteiger partial charge in [0, 0.05) is 10.9 Å². The van der Waals surface area contributed by atoms with E-state index in [0.29, 0.717) is 16.1 Å². The largest absolute Gasteiger partial charge is 0.369 e. The van der Waals surface area contributed by atoms with Crippen LogP contribution in [0, 0.1) is 0 Å². The molecule has 0 amide bonds. The Morgan fingerprint density at radius 2 is 2.13 bits per heavy atom. The summed E-state index contributed by atoms with van der Waals surface area (Å²) in [6, 6.07) is 5.69. The van der Waals surface area contributed by atoms with Crippen LogP contribution in [0.5, 0.6) is 0 Å². The van der Waals surface area contributed by atoms with Gasteiger partial charge in [0.05, 0.1) is 22.3 Å². The van der Waals surface area contributed by atoms with Gasteiger partial charge in [-0.3, -0.25) is 0 Å². The molecule has 0 saturated carbocycles. The van der Waals surface area contributed by atoms with E-state index in [9.17, 15) is 0 Å². The molecule has 1 saturated heterocycles. The third kappa shape index (κ3) is 2.50. The van der Waals surface area contributed by atoms with Crippen LogP contribution in [0.25, 0.3) is 0 Å². The maximum absolute atomic E-state index is 6.14. The zero-order valence-corrected chi connectivity index (χ0v) is 11.1. The molecule has 0 aromatic heterocycles. The molecule has 0 spiro atoms. The maximum Gasteiger partial charge on any atom is 0.0845 e. The average Bonchev–Trinajstić information content (AvgIpc) is 2.70. The highest BCUT2D eigenvalue weighted by molar-refractivity contribution is 9.09. The zero-order valence-electron chi connectivity index (χ0n) is 8.05. The minimum absolute atomic E-state index is 0.0961. The van der Waals surface area contributed by atoms with Gasteiger partial charge in [-0.25, -0.2) is 0 Å². The van der Waals surface area contributed by atoms with E-state index in [1.54, 1.807) is 6.07 Å². The second kappa shape index (κ2) is 5.05. The fourth-order valence-corrected chi connectivity index (χ4v) is 2.72. The van der Waals surface area contributed by atoms with Gasteiger partial charge in [0.1, 0.15) is 0 Å². The van der Waals surface area contributed by atoms with E-state index >= 15 is 0 Å². The summed E-state index contributed by atoms with van der Waals surface area (Å²) in [5.41, 5.74) is 1.01. The molecule has 4 heteroatoms. The van der Waals surface area contributed by atoms with Crippen LogP contribution >= 0.6 is 39.1 Å². The molecule has 1 fully saturated rings. The van der Waals surface area contributed by atoms with E-state index in [4.69, 9.17) is 27.9 Å². The maximum atomic E-state index is 6.14. The summed E-state index contributed by atoms with van der Waals surface area (Å²) in [5, 5.41) is 2.10. The molecule has 2 rings (SSSR count). The Bertz CT molecular complexity index is 356. The topological polar surface area (TPSA) is 9.23 Å². The molecule has 0 N–H and O–H groups in total. The first kappa shape index (κ1) is 11.7. The van der Waals surface area contributed by atoms with Crippen molar-refractivity contribution in [3.8, 4) is 0 Å². The summed E-state index contributed by atoms with van der Waals surface area (Å²) in [6.45, 7) is 0. The van der Waals surface area contributed by atoms with Crippen molar-refractivity contribution in [1.82, 2.24) is 0 Å². The highest BCUT2D eigenvalue weighted by Crippen LogP contribution is 2.38. The molecule has 2 atom stereocenters. The number of ether oxygens (including phenoxy) is 1. The van der Waals surface area contributed by atoms with Crippen molar-refractivity contribution in [2.24, 2.45) is 0 Å². The predicted molar refractivity (Wildman–Crippen MR) is 67.1 cm³/mol. The Labute approximate surface area is 108 Å². The first-order valence-corrected chi connectivity index (χ1v) is 6.75. The SMILES string of the molecule is Clc1cccc(C2CCC(CBr)O2)c1Cl. The number of hydrogen-bond acceptors (Lipinski definition) is 1. The van der Waals surface area contributed by atoms with E-state index in [2.05, 4.69) is 15.9 Å². The van der Waals surface area contributed by atoms with Crippen molar-refractivity contribution < 1.29 is 4.74 Å². The van der Waals surface area contributed by atoms with Gasteiger partial charge < -0.3 is 4.74 Å². The Kier molecular flexibility index (Phi) is 3.94. The molecule has 82 valence electrons. The van der Waals surface area contributed by atoms with Crippen molar-refractivity contribution in [2.75, 3.05) is 5.33 Å².